The fourth-order valence-electron chi connectivity index (χ4n) is 1.24. The number of nitrogens with zero attached hydrogens (tertiary/aromatic N) is 2. The molecule has 2 heterocycles. The van der Waals surface area contributed by atoms with Gasteiger partial charge in [-0.15, -0.1) is 11.3 Å². The number of amides is 1. The van der Waals surface area contributed by atoms with Crippen LogP contribution < -0.4 is 5.32 Å². The van der Waals surface area contributed by atoms with Crippen LogP contribution in [0.15, 0.2) is 10.5 Å². The molecular formula is C9H9N3O4S. The van der Waals surface area contributed by atoms with E-state index < -0.39 is 18.0 Å². The van der Waals surface area contributed by atoms with Gasteiger partial charge in [0.15, 0.2) is 10.8 Å². The summed E-state index contributed by atoms with van der Waals surface area (Å²) < 4.78 is 0. The highest BCUT2D eigenvalue weighted by Gasteiger charge is 2.31. The van der Waals surface area contributed by atoms with E-state index in [0.29, 0.717) is 5.13 Å². The summed E-state index contributed by atoms with van der Waals surface area (Å²) >= 11 is 1.29. The number of hydrogen-bond donors (Lipinski definition) is 2. The molecule has 8 heteroatoms. The summed E-state index contributed by atoms with van der Waals surface area (Å²) in [5.74, 6) is -1.62. The first-order chi connectivity index (χ1) is 8.06. The van der Waals surface area contributed by atoms with E-state index in [-0.39, 0.29) is 12.1 Å². The maximum atomic E-state index is 11.7. The fourth-order valence-corrected chi connectivity index (χ4v) is 1.93. The van der Waals surface area contributed by atoms with Crippen LogP contribution in [0.25, 0.3) is 0 Å². The number of hydrogen-bond acceptors (Lipinski definition) is 6. The fraction of sp³-hybridized carbons (Fsp3) is 0.333. The van der Waals surface area contributed by atoms with E-state index in [0.717, 1.165) is 5.69 Å². The average Bonchev–Trinajstić information content (AvgIpc) is 2.86. The third kappa shape index (κ3) is 2.59. The first-order valence-electron chi connectivity index (χ1n) is 4.75. The highest BCUT2D eigenvalue weighted by molar-refractivity contribution is 7.13. The molecule has 0 radical (unpaired) electrons. The Balaban J connectivity index is 1.93. The molecule has 0 bridgehead atoms. The monoisotopic (exact) mass is 255 g/mol. The molecule has 0 aliphatic carbocycles. The molecule has 0 saturated heterocycles. The van der Waals surface area contributed by atoms with Gasteiger partial charge in [-0.2, -0.15) is 0 Å². The topological polar surface area (TPSA) is 101 Å². The summed E-state index contributed by atoms with van der Waals surface area (Å²) in [6.45, 7) is 1.81. The van der Waals surface area contributed by atoms with Crippen molar-refractivity contribution < 1.29 is 19.5 Å². The van der Waals surface area contributed by atoms with Crippen molar-refractivity contribution >= 4 is 34.1 Å². The van der Waals surface area contributed by atoms with Gasteiger partial charge in [0.2, 0.25) is 6.10 Å². The Hall–Kier alpha value is -1.96. The lowest BCUT2D eigenvalue weighted by Crippen LogP contribution is -2.28. The zero-order chi connectivity index (χ0) is 12.4. The van der Waals surface area contributed by atoms with Gasteiger partial charge < -0.3 is 9.94 Å². The number of rotatable bonds is 3. The van der Waals surface area contributed by atoms with Gasteiger partial charge in [0.1, 0.15) is 0 Å². The van der Waals surface area contributed by atoms with Crippen molar-refractivity contribution in [3.05, 3.63) is 11.1 Å². The van der Waals surface area contributed by atoms with Crippen molar-refractivity contribution in [2.45, 2.75) is 19.4 Å². The molecule has 1 amide bonds. The minimum Gasteiger partial charge on any atom is -0.477 e. The Kier molecular flexibility index (Phi) is 3.05. The van der Waals surface area contributed by atoms with Crippen LogP contribution in [0.5, 0.6) is 0 Å². The van der Waals surface area contributed by atoms with E-state index in [4.69, 9.17) is 9.94 Å². The molecule has 17 heavy (non-hydrogen) atoms. The molecule has 1 aromatic rings. The lowest BCUT2D eigenvalue weighted by atomic mass is 10.2. The number of aryl methyl sites for hydroxylation is 1. The SMILES string of the molecule is Cc1csc(NC(=O)C2CC(C(=O)O)=NO2)n1. The molecule has 1 atom stereocenters. The van der Waals surface area contributed by atoms with Crippen molar-refractivity contribution in [1.29, 1.82) is 0 Å². The highest BCUT2D eigenvalue weighted by atomic mass is 32.1. The number of oxime groups is 1. The number of carbonyl (C=O) groups is 2. The molecule has 2 rings (SSSR count). The molecule has 0 spiro atoms. The van der Waals surface area contributed by atoms with Crippen molar-refractivity contribution in [3.8, 4) is 0 Å². The second-order valence-electron chi connectivity index (χ2n) is 3.42. The average molecular weight is 255 g/mol. The molecule has 90 valence electrons. The molecule has 0 fully saturated rings. The maximum absolute atomic E-state index is 11.7. The van der Waals surface area contributed by atoms with Crippen LogP contribution in [0.4, 0.5) is 5.13 Å². The number of nitrogens with one attached hydrogen (secondary N) is 1. The molecular weight excluding hydrogens is 246 g/mol. The zero-order valence-electron chi connectivity index (χ0n) is 8.84. The van der Waals surface area contributed by atoms with Crippen molar-refractivity contribution in [2.75, 3.05) is 5.32 Å². The van der Waals surface area contributed by atoms with E-state index in [1.807, 2.05) is 6.92 Å². The van der Waals surface area contributed by atoms with E-state index in [9.17, 15) is 9.59 Å². The number of carbonyl (C=O) groups excluding carboxylic acids is 1. The summed E-state index contributed by atoms with van der Waals surface area (Å²) in [4.78, 5) is 31.0. The number of carboxylic acid groups (broad SMARTS) is 1. The standard InChI is InChI=1S/C9H9N3O4S/c1-4-3-17-9(10-4)11-7(13)6-2-5(8(14)15)12-16-6/h3,6H,2H2,1H3,(H,14,15)(H,10,11,13). The summed E-state index contributed by atoms with van der Waals surface area (Å²) in [6.07, 6.45) is -0.934. The Morgan fingerprint density at radius 2 is 2.41 bits per heavy atom. The number of aromatic nitrogens is 1. The molecule has 7 nitrogen and oxygen atoms in total. The maximum Gasteiger partial charge on any atom is 0.353 e. The van der Waals surface area contributed by atoms with Gasteiger partial charge in [0.25, 0.3) is 5.91 Å². The largest absolute Gasteiger partial charge is 0.477 e. The molecule has 1 aliphatic heterocycles. The van der Waals surface area contributed by atoms with Crippen molar-refractivity contribution in [1.82, 2.24) is 4.98 Å². The van der Waals surface area contributed by atoms with E-state index in [1.54, 1.807) is 5.38 Å². The lowest BCUT2D eigenvalue weighted by Gasteiger charge is -2.06. The number of thiazole rings is 1. The molecule has 1 aromatic heterocycles. The Morgan fingerprint density at radius 1 is 1.65 bits per heavy atom. The van der Waals surface area contributed by atoms with Crippen LogP contribution >= 0.6 is 11.3 Å². The summed E-state index contributed by atoms with van der Waals surface area (Å²) in [5.41, 5.74) is 0.653. The third-order valence-corrected chi connectivity index (χ3v) is 2.93. The Labute approximate surface area is 100 Å². The van der Waals surface area contributed by atoms with Gasteiger partial charge in [-0.3, -0.25) is 10.1 Å². The van der Waals surface area contributed by atoms with Crippen LogP contribution in [-0.2, 0) is 14.4 Å². The van der Waals surface area contributed by atoms with E-state index in [1.165, 1.54) is 11.3 Å². The van der Waals surface area contributed by atoms with Gasteiger partial charge in [0.05, 0.1) is 5.69 Å². The number of anilines is 1. The van der Waals surface area contributed by atoms with Gasteiger partial charge in [-0.05, 0) is 6.92 Å². The van der Waals surface area contributed by atoms with E-state index in [2.05, 4.69) is 15.5 Å². The second kappa shape index (κ2) is 4.50. The Morgan fingerprint density at radius 3 is 2.94 bits per heavy atom. The van der Waals surface area contributed by atoms with Crippen LogP contribution in [0.1, 0.15) is 12.1 Å². The predicted octanol–water partition coefficient (Wildman–Crippen LogP) is 0.620. The van der Waals surface area contributed by atoms with Gasteiger partial charge >= 0.3 is 5.97 Å². The number of aliphatic carboxylic acids is 1. The smallest absolute Gasteiger partial charge is 0.353 e. The summed E-state index contributed by atoms with van der Waals surface area (Å²) in [6, 6.07) is 0. The molecule has 0 saturated carbocycles. The molecule has 1 aliphatic rings. The van der Waals surface area contributed by atoms with Gasteiger partial charge in [-0.1, -0.05) is 5.16 Å². The van der Waals surface area contributed by atoms with Crippen LogP contribution in [0.2, 0.25) is 0 Å². The molecule has 0 aromatic carbocycles. The third-order valence-electron chi connectivity index (χ3n) is 2.06. The van der Waals surface area contributed by atoms with Crippen LogP contribution in [0.3, 0.4) is 0 Å². The van der Waals surface area contributed by atoms with E-state index >= 15 is 0 Å². The first kappa shape index (κ1) is 11.5. The number of carboxylic acids is 1. The minimum absolute atomic E-state index is 0.0362. The minimum atomic E-state index is -1.18. The summed E-state index contributed by atoms with van der Waals surface area (Å²) in [7, 11) is 0. The molecule has 1 unspecified atom stereocenters. The van der Waals surface area contributed by atoms with Crippen LogP contribution in [-0.4, -0.2) is 33.8 Å². The highest BCUT2D eigenvalue weighted by Crippen LogP contribution is 2.17. The first-order valence-corrected chi connectivity index (χ1v) is 5.63. The summed E-state index contributed by atoms with van der Waals surface area (Å²) in [5, 5.41) is 16.8. The quantitative estimate of drug-likeness (QED) is 0.824. The molecule has 2 N–H and O–H groups in total. The van der Waals surface area contributed by atoms with Gasteiger partial charge in [0, 0.05) is 11.8 Å². The predicted molar refractivity (Wildman–Crippen MR) is 60.0 cm³/mol. The lowest BCUT2D eigenvalue weighted by molar-refractivity contribution is -0.129. The van der Waals surface area contributed by atoms with Crippen LogP contribution in [0, 0.1) is 6.92 Å². The van der Waals surface area contributed by atoms with Crippen molar-refractivity contribution in [2.24, 2.45) is 5.16 Å². The Bertz CT molecular complexity index is 496. The normalized spacial score (nSPS) is 18.4. The van der Waals surface area contributed by atoms with Gasteiger partial charge in [-0.25, -0.2) is 9.78 Å². The zero-order valence-corrected chi connectivity index (χ0v) is 9.65. The van der Waals surface area contributed by atoms with Crippen molar-refractivity contribution in [3.63, 3.8) is 0 Å². The second-order valence-corrected chi connectivity index (χ2v) is 4.28.